The third-order valence-corrected chi connectivity index (χ3v) is 6.66. The summed E-state index contributed by atoms with van der Waals surface area (Å²) < 4.78 is 2.01. The standard InChI is InChI=1S/C29H27N7O/c37-29(31-23-8-2-1-3-9-23)20-22-21-36(25-11-5-4-10-24(22)25)28-14-13-27(32-33-28)35-18-16-34(17-19-35)26-12-6-7-15-30-26/h1-15,21H,16-20H2,(H,31,37). The van der Waals surface area contributed by atoms with Crippen molar-refractivity contribution in [3.8, 4) is 5.82 Å². The largest absolute Gasteiger partial charge is 0.353 e. The molecule has 1 aliphatic rings. The fraction of sp³-hybridized carbons (Fsp3) is 0.172. The van der Waals surface area contributed by atoms with Crippen molar-refractivity contribution in [3.63, 3.8) is 0 Å². The van der Waals surface area contributed by atoms with Gasteiger partial charge in [-0.05, 0) is 48.0 Å². The molecule has 5 aromatic rings. The number of pyridine rings is 1. The molecule has 1 aliphatic heterocycles. The van der Waals surface area contributed by atoms with Crippen LogP contribution in [-0.2, 0) is 11.2 Å². The first-order valence-corrected chi connectivity index (χ1v) is 12.4. The zero-order valence-electron chi connectivity index (χ0n) is 20.4. The number of benzene rings is 2. The molecule has 6 rings (SSSR count). The van der Waals surface area contributed by atoms with Gasteiger partial charge < -0.3 is 15.1 Å². The lowest BCUT2D eigenvalue weighted by Gasteiger charge is -2.35. The van der Waals surface area contributed by atoms with Crippen molar-refractivity contribution < 1.29 is 4.79 Å². The first kappa shape index (κ1) is 22.7. The average molecular weight is 490 g/mol. The van der Waals surface area contributed by atoms with Gasteiger partial charge >= 0.3 is 0 Å². The molecule has 0 spiro atoms. The maximum absolute atomic E-state index is 12.7. The smallest absolute Gasteiger partial charge is 0.228 e. The molecule has 8 nitrogen and oxygen atoms in total. The van der Waals surface area contributed by atoms with Crippen LogP contribution in [0.5, 0.6) is 0 Å². The highest BCUT2D eigenvalue weighted by molar-refractivity contribution is 5.96. The summed E-state index contributed by atoms with van der Waals surface area (Å²) in [4.78, 5) is 21.8. The summed E-state index contributed by atoms with van der Waals surface area (Å²) in [6, 6.07) is 27.6. The molecule has 0 bridgehead atoms. The fourth-order valence-corrected chi connectivity index (χ4v) is 4.80. The minimum atomic E-state index is -0.0552. The van der Waals surface area contributed by atoms with E-state index in [1.807, 2.05) is 102 Å². The third-order valence-electron chi connectivity index (χ3n) is 6.66. The van der Waals surface area contributed by atoms with Gasteiger partial charge in [-0.25, -0.2) is 4.98 Å². The number of amides is 1. The fourth-order valence-electron chi connectivity index (χ4n) is 4.80. The first-order chi connectivity index (χ1) is 18.2. The lowest BCUT2D eigenvalue weighted by molar-refractivity contribution is -0.115. The number of hydrogen-bond donors (Lipinski definition) is 1. The van der Waals surface area contributed by atoms with Gasteiger partial charge in [-0.3, -0.25) is 9.36 Å². The molecule has 1 amide bonds. The summed E-state index contributed by atoms with van der Waals surface area (Å²) in [5.41, 5.74) is 2.73. The number of fused-ring (bicyclic) bond motifs is 1. The molecule has 1 N–H and O–H groups in total. The second kappa shape index (κ2) is 10.1. The van der Waals surface area contributed by atoms with Crippen LogP contribution in [0.3, 0.4) is 0 Å². The molecule has 0 aliphatic carbocycles. The van der Waals surface area contributed by atoms with Gasteiger partial charge in [-0.15, -0.1) is 10.2 Å². The van der Waals surface area contributed by atoms with E-state index >= 15 is 0 Å². The summed E-state index contributed by atoms with van der Waals surface area (Å²) in [5.74, 6) is 2.54. The normalized spacial score (nSPS) is 13.6. The Kier molecular flexibility index (Phi) is 6.21. The molecule has 37 heavy (non-hydrogen) atoms. The number of para-hydroxylation sites is 2. The molecular formula is C29H27N7O. The zero-order valence-corrected chi connectivity index (χ0v) is 20.4. The number of carbonyl (C=O) groups excluding carboxylic acids is 1. The summed E-state index contributed by atoms with van der Waals surface area (Å²) >= 11 is 0. The Morgan fingerprint density at radius 2 is 1.41 bits per heavy atom. The van der Waals surface area contributed by atoms with Crippen LogP contribution >= 0.6 is 0 Å². The number of nitrogens with zero attached hydrogens (tertiary/aromatic N) is 6. The van der Waals surface area contributed by atoms with Crippen molar-refractivity contribution in [2.24, 2.45) is 0 Å². The van der Waals surface area contributed by atoms with E-state index in [1.54, 1.807) is 0 Å². The van der Waals surface area contributed by atoms with Gasteiger partial charge in [0.25, 0.3) is 0 Å². The van der Waals surface area contributed by atoms with Crippen molar-refractivity contribution >= 4 is 34.1 Å². The predicted octanol–water partition coefficient (Wildman–Crippen LogP) is 4.32. The summed E-state index contributed by atoms with van der Waals surface area (Å²) in [6.07, 6.45) is 4.09. The number of aromatic nitrogens is 4. The van der Waals surface area contributed by atoms with E-state index in [9.17, 15) is 4.79 Å². The maximum atomic E-state index is 12.7. The van der Waals surface area contributed by atoms with Crippen molar-refractivity contribution in [1.29, 1.82) is 0 Å². The van der Waals surface area contributed by atoms with Crippen LogP contribution in [-0.4, -0.2) is 51.8 Å². The SMILES string of the molecule is O=C(Cc1cn(-c2ccc(N3CCN(c4ccccn4)CC3)nn2)c2ccccc12)Nc1ccccc1. The van der Waals surface area contributed by atoms with E-state index in [0.717, 1.165) is 65.8 Å². The Labute approximate surface area is 215 Å². The van der Waals surface area contributed by atoms with Crippen LogP contribution in [0, 0.1) is 0 Å². The van der Waals surface area contributed by atoms with Gasteiger partial charge in [0.05, 0.1) is 11.9 Å². The maximum Gasteiger partial charge on any atom is 0.228 e. The van der Waals surface area contributed by atoms with Gasteiger partial charge in [-0.1, -0.05) is 42.5 Å². The van der Waals surface area contributed by atoms with Gasteiger partial charge in [0.2, 0.25) is 5.91 Å². The summed E-state index contributed by atoms with van der Waals surface area (Å²) in [7, 11) is 0. The second-order valence-corrected chi connectivity index (χ2v) is 9.04. The summed E-state index contributed by atoms with van der Waals surface area (Å²) in [5, 5.41) is 13.1. The Morgan fingerprint density at radius 3 is 2.14 bits per heavy atom. The van der Waals surface area contributed by atoms with E-state index in [4.69, 9.17) is 0 Å². The summed E-state index contributed by atoms with van der Waals surface area (Å²) in [6.45, 7) is 3.49. The van der Waals surface area contributed by atoms with Crippen LogP contribution in [0.15, 0.2) is 97.3 Å². The highest BCUT2D eigenvalue weighted by Gasteiger charge is 2.20. The molecule has 0 unspecified atom stereocenters. The quantitative estimate of drug-likeness (QED) is 0.383. The molecule has 2 aromatic carbocycles. The monoisotopic (exact) mass is 489 g/mol. The topological polar surface area (TPSA) is 79.2 Å². The number of carbonyl (C=O) groups is 1. The Balaban J connectivity index is 1.18. The Hall–Kier alpha value is -4.72. The minimum absolute atomic E-state index is 0.0552. The van der Waals surface area contributed by atoms with Gasteiger partial charge in [-0.2, -0.15) is 0 Å². The van der Waals surface area contributed by atoms with E-state index in [-0.39, 0.29) is 12.3 Å². The number of piperazine rings is 1. The van der Waals surface area contributed by atoms with Crippen LogP contribution < -0.4 is 15.1 Å². The third kappa shape index (κ3) is 4.86. The number of hydrogen-bond acceptors (Lipinski definition) is 6. The van der Waals surface area contributed by atoms with Crippen molar-refractivity contribution in [1.82, 2.24) is 19.7 Å². The minimum Gasteiger partial charge on any atom is -0.353 e. The highest BCUT2D eigenvalue weighted by Crippen LogP contribution is 2.26. The molecule has 0 saturated carbocycles. The molecule has 0 atom stereocenters. The van der Waals surface area contributed by atoms with Gasteiger partial charge in [0.15, 0.2) is 11.6 Å². The average Bonchev–Trinajstić information content (AvgIpc) is 3.32. The van der Waals surface area contributed by atoms with Gasteiger partial charge in [0.1, 0.15) is 5.82 Å². The molecular weight excluding hydrogens is 462 g/mol. The molecule has 8 heteroatoms. The van der Waals surface area contributed by atoms with Crippen molar-refractivity contribution in [2.75, 3.05) is 41.3 Å². The molecule has 4 heterocycles. The Morgan fingerprint density at radius 1 is 0.730 bits per heavy atom. The number of nitrogens with one attached hydrogen (secondary N) is 1. The Bertz CT molecular complexity index is 1490. The lowest BCUT2D eigenvalue weighted by atomic mass is 10.1. The van der Waals surface area contributed by atoms with E-state index < -0.39 is 0 Å². The second-order valence-electron chi connectivity index (χ2n) is 9.04. The zero-order chi connectivity index (χ0) is 25.0. The van der Waals surface area contributed by atoms with Crippen LogP contribution in [0.2, 0.25) is 0 Å². The first-order valence-electron chi connectivity index (χ1n) is 12.4. The molecule has 1 saturated heterocycles. The molecule has 0 radical (unpaired) electrons. The predicted molar refractivity (Wildman–Crippen MR) is 146 cm³/mol. The van der Waals surface area contributed by atoms with Crippen molar-refractivity contribution in [3.05, 3.63) is 103 Å². The molecule has 1 fully saturated rings. The van der Waals surface area contributed by atoms with Gasteiger partial charge in [0, 0.05) is 49.6 Å². The van der Waals surface area contributed by atoms with Crippen LogP contribution in [0.25, 0.3) is 16.7 Å². The van der Waals surface area contributed by atoms with E-state index in [2.05, 4.69) is 30.3 Å². The van der Waals surface area contributed by atoms with Crippen molar-refractivity contribution in [2.45, 2.75) is 6.42 Å². The van der Waals surface area contributed by atoms with E-state index in [1.165, 1.54) is 0 Å². The number of anilines is 3. The molecule has 184 valence electrons. The lowest BCUT2D eigenvalue weighted by Crippen LogP contribution is -2.47. The highest BCUT2D eigenvalue weighted by atomic mass is 16.1. The molecule has 3 aromatic heterocycles. The van der Waals surface area contributed by atoms with E-state index in [0.29, 0.717) is 0 Å². The van der Waals surface area contributed by atoms with Crippen LogP contribution in [0.1, 0.15) is 5.56 Å². The van der Waals surface area contributed by atoms with Crippen LogP contribution in [0.4, 0.5) is 17.3 Å². The number of rotatable bonds is 6.